The highest BCUT2D eigenvalue weighted by Crippen LogP contribution is 2.43. The Morgan fingerprint density at radius 1 is 1.28 bits per heavy atom. The fourth-order valence-electron chi connectivity index (χ4n) is 3.42. The number of anilines is 2. The highest BCUT2D eigenvalue weighted by atomic mass is 79.9. The first-order chi connectivity index (χ1) is 8.56. The van der Waals surface area contributed by atoms with E-state index in [2.05, 4.69) is 26.9 Å². The number of rotatable bonds is 1. The molecule has 4 heteroatoms. The summed E-state index contributed by atoms with van der Waals surface area (Å²) in [5.74, 6) is 0. The zero-order valence-corrected chi connectivity index (χ0v) is 12.2. The van der Waals surface area contributed by atoms with Crippen molar-refractivity contribution in [2.24, 2.45) is 0 Å². The summed E-state index contributed by atoms with van der Waals surface area (Å²) in [6.07, 6.45) is 4.06. The minimum absolute atomic E-state index is 0.118. The van der Waals surface area contributed by atoms with Gasteiger partial charge < -0.3 is 15.7 Å². The van der Waals surface area contributed by atoms with Crippen LogP contribution >= 0.6 is 15.9 Å². The number of fused-ring (bicyclic) bond motifs is 2. The predicted molar refractivity (Wildman–Crippen MR) is 77.8 cm³/mol. The molecule has 2 aliphatic heterocycles. The van der Waals surface area contributed by atoms with Gasteiger partial charge in [-0.05, 0) is 66.2 Å². The Labute approximate surface area is 116 Å². The number of piperidine rings is 1. The Kier molecular flexibility index (Phi) is 3.02. The number of aliphatic hydroxyl groups is 1. The van der Waals surface area contributed by atoms with Crippen molar-refractivity contribution in [1.29, 1.82) is 0 Å². The third-order valence-electron chi connectivity index (χ3n) is 4.32. The van der Waals surface area contributed by atoms with Crippen LogP contribution in [0.4, 0.5) is 11.4 Å². The summed E-state index contributed by atoms with van der Waals surface area (Å²) in [7, 11) is 0. The lowest BCUT2D eigenvalue weighted by Gasteiger charge is -2.39. The lowest BCUT2D eigenvalue weighted by atomic mass is 9.98. The third-order valence-corrected chi connectivity index (χ3v) is 4.96. The second kappa shape index (κ2) is 4.42. The van der Waals surface area contributed by atoms with Gasteiger partial charge in [-0.1, -0.05) is 0 Å². The van der Waals surface area contributed by atoms with Crippen molar-refractivity contribution >= 4 is 27.3 Å². The van der Waals surface area contributed by atoms with Gasteiger partial charge in [0.1, 0.15) is 0 Å². The van der Waals surface area contributed by atoms with Crippen molar-refractivity contribution < 1.29 is 5.11 Å². The summed E-state index contributed by atoms with van der Waals surface area (Å²) in [5.41, 5.74) is 9.13. The predicted octanol–water partition coefficient (Wildman–Crippen LogP) is 2.83. The van der Waals surface area contributed by atoms with Gasteiger partial charge in [0.05, 0.1) is 11.8 Å². The van der Waals surface area contributed by atoms with Crippen LogP contribution in [0.2, 0.25) is 0 Å². The van der Waals surface area contributed by atoms with Crippen molar-refractivity contribution in [3.63, 3.8) is 0 Å². The number of nitrogens with zero attached hydrogens (tertiary/aromatic N) is 1. The van der Waals surface area contributed by atoms with Crippen molar-refractivity contribution in [2.45, 2.75) is 50.8 Å². The Bertz CT molecular complexity index is 463. The maximum absolute atomic E-state index is 9.86. The minimum Gasteiger partial charge on any atom is -0.398 e. The molecule has 1 aromatic rings. The summed E-state index contributed by atoms with van der Waals surface area (Å²) in [5, 5.41) is 9.86. The second-order valence-corrected chi connectivity index (χ2v) is 6.43. The molecule has 2 fully saturated rings. The van der Waals surface area contributed by atoms with E-state index in [0.29, 0.717) is 12.1 Å². The number of hydrogen-bond acceptors (Lipinski definition) is 3. The summed E-state index contributed by atoms with van der Waals surface area (Å²) in [4.78, 5) is 2.49. The highest BCUT2D eigenvalue weighted by molar-refractivity contribution is 9.10. The second-order valence-electron chi connectivity index (χ2n) is 5.58. The van der Waals surface area contributed by atoms with Gasteiger partial charge in [0.15, 0.2) is 0 Å². The molecular formula is C14H19BrN2O. The van der Waals surface area contributed by atoms with Gasteiger partial charge in [0.25, 0.3) is 0 Å². The molecule has 1 aromatic carbocycles. The molecule has 2 heterocycles. The van der Waals surface area contributed by atoms with E-state index in [1.54, 1.807) is 0 Å². The van der Waals surface area contributed by atoms with Crippen molar-refractivity contribution in [3.8, 4) is 0 Å². The quantitative estimate of drug-likeness (QED) is 0.784. The van der Waals surface area contributed by atoms with Crippen LogP contribution in [0.25, 0.3) is 0 Å². The minimum atomic E-state index is -0.118. The van der Waals surface area contributed by atoms with E-state index in [4.69, 9.17) is 5.73 Å². The highest BCUT2D eigenvalue weighted by Gasteiger charge is 2.40. The zero-order valence-electron chi connectivity index (χ0n) is 10.6. The average Bonchev–Trinajstić information content (AvgIpc) is 2.56. The van der Waals surface area contributed by atoms with E-state index in [1.807, 2.05) is 13.0 Å². The van der Waals surface area contributed by atoms with Crippen molar-refractivity contribution in [2.75, 3.05) is 10.6 Å². The average molecular weight is 311 g/mol. The van der Waals surface area contributed by atoms with Crippen molar-refractivity contribution in [3.05, 3.63) is 22.2 Å². The standard InChI is InChI=1S/C14H19BrN2O/c1-8-4-14(12(15)7-13(8)16)17-9-2-3-10(17)6-11(18)5-9/h4,7,9-11,18H,2-3,5-6,16H2,1H3. The smallest absolute Gasteiger partial charge is 0.0579 e. The molecule has 0 aromatic heterocycles. The molecule has 0 amide bonds. The van der Waals surface area contributed by atoms with Gasteiger partial charge in [-0.3, -0.25) is 0 Å². The summed E-state index contributed by atoms with van der Waals surface area (Å²) < 4.78 is 1.07. The van der Waals surface area contributed by atoms with Crippen LogP contribution in [0.15, 0.2) is 16.6 Å². The zero-order chi connectivity index (χ0) is 12.9. The maximum atomic E-state index is 9.86. The number of nitrogens with two attached hydrogens (primary N) is 1. The maximum Gasteiger partial charge on any atom is 0.0579 e. The van der Waals surface area contributed by atoms with E-state index < -0.39 is 0 Å². The molecule has 2 aliphatic rings. The Morgan fingerprint density at radius 3 is 2.50 bits per heavy atom. The first-order valence-electron chi connectivity index (χ1n) is 6.58. The fourth-order valence-corrected chi connectivity index (χ4v) is 3.99. The molecule has 2 bridgehead atoms. The number of hydrogen-bond donors (Lipinski definition) is 2. The van der Waals surface area contributed by atoms with Crippen LogP contribution < -0.4 is 10.6 Å². The van der Waals surface area contributed by atoms with Gasteiger partial charge in [-0.25, -0.2) is 0 Å². The van der Waals surface area contributed by atoms with Gasteiger partial charge in [0, 0.05) is 22.2 Å². The molecule has 2 unspecified atom stereocenters. The summed E-state index contributed by atoms with van der Waals surface area (Å²) >= 11 is 3.63. The van der Waals surface area contributed by atoms with Crippen LogP contribution in [0, 0.1) is 6.92 Å². The Morgan fingerprint density at radius 2 is 1.89 bits per heavy atom. The van der Waals surface area contributed by atoms with Crippen LogP contribution in [-0.2, 0) is 0 Å². The largest absolute Gasteiger partial charge is 0.398 e. The van der Waals surface area contributed by atoms with Crippen LogP contribution in [0.5, 0.6) is 0 Å². The summed E-state index contributed by atoms with van der Waals surface area (Å²) in [6, 6.07) is 5.13. The Balaban J connectivity index is 1.98. The first-order valence-corrected chi connectivity index (χ1v) is 7.37. The SMILES string of the molecule is Cc1cc(N2C3CCC2CC(O)C3)c(Br)cc1N. The molecule has 18 heavy (non-hydrogen) atoms. The van der Waals surface area contributed by atoms with Gasteiger partial charge >= 0.3 is 0 Å². The molecular weight excluding hydrogens is 292 g/mol. The van der Waals surface area contributed by atoms with E-state index in [1.165, 1.54) is 18.5 Å². The van der Waals surface area contributed by atoms with E-state index in [0.717, 1.165) is 28.6 Å². The van der Waals surface area contributed by atoms with E-state index in [-0.39, 0.29) is 6.10 Å². The molecule has 3 rings (SSSR count). The van der Waals surface area contributed by atoms with E-state index in [9.17, 15) is 5.11 Å². The molecule has 2 saturated heterocycles. The molecule has 0 spiro atoms. The number of aliphatic hydroxyl groups excluding tert-OH is 1. The molecule has 3 nitrogen and oxygen atoms in total. The number of halogens is 1. The summed E-state index contributed by atoms with van der Waals surface area (Å²) in [6.45, 7) is 2.05. The topological polar surface area (TPSA) is 49.5 Å². The van der Waals surface area contributed by atoms with Gasteiger partial charge in [0.2, 0.25) is 0 Å². The normalized spacial score (nSPS) is 30.8. The molecule has 0 aliphatic carbocycles. The molecule has 98 valence electrons. The monoisotopic (exact) mass is 310 g/mol. The molecule has 3 N–H and O–H groups in total. The lowest BCUT2D eigenvalue weighted by Crippen LogP contribution is -2.45. The van der Waals surface area contributed by atoms with Crippen LogP contribution in [-0.4, -0.2) is 23.3 Å². The van der Waals surface area contributed by atoms with Gasteiger partial charge in [-0.2, -0.15) is 0 Å². The number of aryl methyl sites for hydroxylation is 1. The molecule has 2 atom stereocenters. The van der Waals surface area contributed by atoms with Crippen molar-refractivity contribution in [1.82, 2.24) is 0 Å². The molecule has 0 radical (unpaired) electrons. The van der Waals surface area contributed by atoms with E-state index >= 15 is 0 Å². The van der Waals surface area contributed by atoms with Crippen LogP contribution in [0.3, 0.4) is 0 Å². The first kappa shape index (κ1) is 12.3. The van der Waals surface area contributed by atoms with Gasteiger partial charge in [-0.15, -0.1) is 0 Å². The number of nitrogen functional groups attached to an aromatic ring is 1. The fraction of sp³-hybridized carbons (Fsp3) is 0.571. The van der Waals surface area contributed by atoms with Crippen LogP contribution in [0.1, 0.15) is 31.2 Å². The molecule has 0 saturated carbocycles. The Hall–Kier alpha value is -0.740. The lowest BCUT2D eigenvalue weighted by molar-refractivity contribution is 0.126. The number of benzene rings is 1. The third kappa shape index (κ3) is 1.91.